The zero-order valence-corrected chi connectivity index (χ0v) is 12.8. The van der Waals surface area contributed by atoms with Crippen LogP contribution in [0.15, 0.2) is 48.7 Å². The molecule has 0 bridgehead atoms. The van der Waals surface area contributed by atoms with Gasteiger partial charge in [-0.3, -0.25) is 4.79 Å². The van der Waals surface area contributed by atoms with Crippen molar-refractivity contribution in [1.29, 1.82) is 0 Å². The maximum absolute atomic E-state index is 14.1. The maximum Gasteiger partial charge on any atom is 0.226 e. The van der Waals surface area contributed by atoms with Gasteiger partial charge in [-0.15, -0.1) is 0 Å². The number of hydrogen-bond donors (Lipinski definition) is 1. The molecule has 1 aliphatic rings. The predicted molar refractivity (Wildman–Crippen MR) is 85.0 cm³/mol. The first kappa shape index (κ1) is 15.4. The Morgan fingerprint density at radius 2 is 1.76 bits per heavy atom. The molecule has 3 aromatic rings. The number of nitrogens with zero attached hydrogens (tertiary/aromatic N) is 2. The second-order valence-corrected chi connectivity index (χ2v) is 5.81. The molecule has 126 valence electrons. The third kappa shape index (κ3) is 2.67. The van der Waals surface area contributed by atoms with E-state index >= 15 is 0 Å². The first-order valence-electron chi connectivity index (χ1n) is 7.61. The van der Waals surface area contributed by atoms with Crippen molar-refractivity contribution in [2.75, 3.05) is 5.32 Å². The minimum absolute atomic E-state index is 0.0303. The van der Waals surface area contributed by atoms with Crippen molar-refractivity contribution in [3.8, 4) is 5.69 Å². The van der Waals surface area contributed by atoms with Crippen LogP contribution in [0.25, 0.3) is 5.69 Å². The van der Waals surface area contributed by atoms with Gasteiger partial charge in [-0.25, -0.2) is 17.9 Å². The average molecular weight is 343 g/mol. The van der Waals surface area contributed by atoms with Gasteiger partial charge in [-0.1, -0.05) is 12.1 Å². The van der Waals surface area contributed by atoms with E-state index in [2.05, 4.69) is 10.4 Å². The number of hydrogen-bond acceptors (Lipinski definition) is 2. The van der Waals surface area contributed by atoms with E-state index in [9.17, 15) is 18.0 Å². The molecule has 0 saturated carbocycles. The molecule has 1 atom stereocenters. The molecule has 2 aromatic carbocycles. The molecule has 1 aromatic heterocycles. The zero-order chi connectivity index (χ0) is 17.6. The van der Waals surface area contributed by atoms with E-state index in [1.165, 1.54) is 29.1 Å². The summed E-state index contributed by atoms with van der Waals surface area (Å²) < 4.78 is 41.6. The molecule has 2 heterocycles. The number of fused-ring (bicyclic) bond motifs is 1. The lowest BCUT2D eigenvalue weighted by molar-refractivity contribution is -0.116. The summed E-state index contributed by atoms with van der Waals surface area (Å²) in [7, 11) is 0. The van der Waals surface area contributed by atoms with Gasteiger partial charge in [-0.2, -0.15) is 5.10 Å². The molecule has 7 heteroatoms. The van der Waals surface area contributed by atoms with E-state index in [0.29, 0.717) is 11.4 Å². The topological polar surface area (TPSA) is 46.9 Å². The lowest BCUT2D eigenvalue weighted by atomic mass is 9.87. The van der Waals surface area contributed by atoms with Crippen LogP contribution in [0.5, 0.6) is 0 Å². The maximum atomic E-state index is 14.1. The highest BCUT2D eigenvalue weighted by Crippen LogP contribution is 2.38. The minimum Gasteiger partial charge on any atom is -0.310 e. The van der Waals surface area contributed by atoms with Crippen LogP contribution < -0.4 is 5.32 Å². The van der Waals surface area contributed by atoms with Crippen molar-refractivity contribution >= 4 is 11.7 Å². The molecular weight excluding hydrogens is 331 g/mol. The van der Waals surface area contributed by atoms with Gasteiger partial charge in [0.2, 0.25) is 5.91 Å². The molecule has 1 amide bonds. The molecule has 4 nitrogen and oxygen atoms in total. The SMILES string of the molecule is O=C1CC(c2ccc(F)cc2)c2cnn(-c3ccc(F)cc3F)c2N1. The Morgan fingerprint density at radius 1 is 1.04 bits per heavy atom. The highest BCUT2D eigenvalue weighted by Gasteiger charge is 2.30. The van der Waals surface area contributed by atoms with Crippen molar-refractivity contribution in [2.24, 2.45) is 0 Å². The third-order valence-electron chi connectivity index (χ3n) is 4.23. The number of halogens is 3. The van der Waals surface area contributed by atoms with Crippen LogP contribution >= 0.6 is 0 Å². The second kappa shape index (κ2) is 5.77. The van der Waals surface area contributed by atoms with E-state index < -0.39 is 11.6 Å². The molecule has 1 N–H and O–H groups in total. The van der Waals surface area contributed by atoms with Crippen molar-refractivity contribution < 1.29 is 18.0 Å². The largest absolute Gasteiger partial charge is 0.310 e. The molecule has 0 radical (unpaired) electrons. The van der Waals surface area contributed by atoms with Crippen molar-refractivity contribution in [3.63, 3.8) is 0 Å². The smallest absolute Gasteiger partial charge is 0.226 e. The van der Waals surface area contributed by atoms with Gasteiger partial charge in [0, 0.05) is 24.0 Å². The highest BCUT2D eigenvalue weighted by molar-refractivity contribution is 5.94. The fourth-order valence-corrected chi connectivity index (χ4v) is 3.05. The summed E-state index contributed by atoms with van der Waals surface area (Å²) in [5.41, 5.74) is 1.48. The molecule has 0 spiro atoms. The molecule has 1 unspecified atom stereocenters. The Morgan fingerprint density at radius 3 is 2.48 bits per heavy atom. The van der Waals surface area contributed by atoms with Gasteiger partial charge < -0.3 is 5.32 Å². The van der Waals surface area contributed by atoms with Crippen LogP contribution in [0.1, 0.15) is 23.5 Å². The summed E-state index contributed by atoms with van der Waals surface area (Å²) in [5, 5.41) is 6.84. The molecule has 25 heavy (non-hydrogen) atoms. The summed E-state index contributed by atoms with van der Waals surface area (Å²) in [6.45, 7) is 0. The van der Waals surface area contributed by atoms with Crippen molar-refractivity contribution in [1.82, 2.24) is 9.78 Å². The first-order valence-corrected chi connectivity index (χ1v) is 7.61. The summed E-state index contributed by atoms with van der Waals surface area (Å²) in [4.78, 5) is 12.1. The monoisotopic (exact) mass is 343 g/mol. The fraction of sp³-hybridized carbons (Fsp3) is 0.111. The van der Waals surface area contributed by atoms with Gasteiger partial charge in [0.05, 0.1) is 6.20 Å². The number of nitrogens with one attached hydrogen (secondary N) is 1. The summed E-state index contributed by atoms with van der Waals surface area (Å²) in [6.07, 6.45) is 1.71. The Bertz CT molecular complexity index is 966. The third-order valence-corrected chi connectivity index (χ3v) is 4.23. The number of benzene rings is 2. The molecule has 4 rings (SSSR count). The number of rotatable bonds is 2. The van der Waals surface area contributed by atoms with Gasteiger partial charge in [-0.05, 0) is 29.8 Å². The zero-order valence-electron chi connectivity index (χ0n) is 12.8. The van der Waals surface area contributed by atoms with E-state index in [-0.39, 0.29) is 29.8 Å². The van der Waals surface area contributed by atoms with Crippen LogP contribution in [0.4, 0.5) is 19.0 Å². The van der Waals surface area contributed by atoms with E-state index in [0.717, 1.165) is 17.7 Å². The van der Waals surface area contributed by atoms with Crippen LogP contribution in [-0.2, 0) is 4.79 Å². The molecule has 0 fully saturated rings. The Labute approximate surface area is 140 Å². The summed E-state index contributed by atoms with van der Waals surface area (Å²) >= 11 is 0. The Balaban J connectivity index is 1.82. The average Bonchev–Trinajstić information content (AvgIpc) is 2.98. The molecule has 0 aliphatic carbocycles. The van der Waals surface area contributed by atoms with Crippen LogP contribution in [0.2, 0.25) is 0 Å². The number of aromatic nitrogens is 2. The highest BCUT2D eigenvalue weighted by atomic mass is 19.1. The van der Waals surface area contributed by atoms with Gasteiger partial charge in [0.15, 0.2) is 5.82 Å². The standard InChI is InChI=1S/C18H12F3N3O/c19-11-3-1-10(2-4-11)13-8-17(25)23-18-14(13)9-22-24(18)16-6-5-12(20)7-15(16)21/h1-7,9,13H,8H2,(H,23,25). The summed E-state index contributed by atoms with van der Waals surface area (Å²) in [5.74, 6) is -2.10. The van der Waals surface area contributed by atoms with Crippen molar-refractivity contribution in [2.45, 2.75) is 12.3 Å². The number of carbonyl (C=O) groups is 1. The van der Waals surface area contributed by atoms with Crippen molar-refractivity contribution in [3.05, 3.63) is 77.2 Å². The van der Waals surface area contributed by atoms with E-state index in [1.54, 1.807) is 12.1 Å². The lowest BCUT2D eigenvalue weighted by Gasteiger charge is -2.23. The van der Waals surface area contributed by atoms with E-state index in [4.69, 9.17) is 0 Å². The van der Waals surface area contributed by atoms with Gasteiger partial charge in [0.1, 0.15) is 23.1 Å². The number of carbonyl (C=O) groups excluding carboxylic acids is 1. The van der Waals surface area contributed by atoms with E-state index in [1.807, 2.05) is 0 Å². The summed E-state index contributed by atoms with van der Waals surface area (Å²) in [6, 6.07) is 9.00. The van der Waals surface area contributed by atoms with Crippen LogP contribution in [0, 0.1) is 17.5 Å². The minimum atomic E-state index is -0.788. The number of amides is 1. The van der Waals surface area contributed by atoms with Gasteiger partial charge >= 0.3 is 0 Å². The number of anilines is 1. The second-order valence-electron chi connectivity index (χ2n) is 5.81. The fourth-order valence-electron chi connectivity index (χ4n) is 3.05. The van der Waals surface area contributed by atoms with Crippen LogP contribution in [-0.4, -0.2) is 15.7 Å². The lowest BCUT2D eigenvalue weighted by Crippen LogP contribution is -2.24. The van der Waals surface area contributed by atoms with Crippen LogP contribution in [0.3, 0.4) is 0 Å². The molecule has 1 aliphatic heterocycles. The molecule has 0 saturated heterocycles. The first-order chi connectivity index (χ1) is 12.0. The normalized spacial score (nSPS) is 16.4. The predicted octanol–water partition coefficient (Wildman–Crippen LogP) is 3.76. The Hall–Kier alpha value is -3.09. The molecular formula is C18H12F3N3O. The quantitative estimate of drug-likeness (QED) is 0.770. The van der Waals surface area contributed by atoms with Gasteiger partial charge in [0.25, 0.3) is 0 Å². The Kier molecular flexibility index (Phi) is 3.56.